The first-order valence-electron chi connectivity index (χ1n) is 38.5. The van der Waals surface area contributed by atoms with Crippen LogP contribution in [0.4, 0.5) is 0 Å². The van der Waals surface area contributed by atoms with E-state index in [9.17, 15) is 0 Å². The van der Waals surface area contributed by atoms with Gasteiger partial charge in [-0.05, 0) is 95.4 Å². The van der Waals surface area contributed by atoms with Crippen molar-refractivity contribution < 1.29 is 0 Å². The third-order valence-electron chi connectivity index (χ3n) is 20.9. The molecule has 0 radical (unpaired) electrons. The molecule has 0 atom stereocenters. The molecule has 12 nitrogen and oxygen atoms in total. The van der Waals surface area contributed by atoms with Crippen molar-refractivity contribution in [1.29, 1.82) is 0 Å². The zero-order valence-corrected chi connectivity index (χ0v) is 62.5. The SMILES string of the molecule is c1ccc(-c2nc(-c3ccccc3)nc(-c3ccc(-c4cc5ccc(-c6ccc(-c7nc(-c8ccccc8)nc(-c8ccc(-c9cccc%10cccc(-c%11ccc(-c%12nc(-c%13ccccc%13)nc(-c%13ccccc%13)n%12)cc%11)c9%10)cc8)n7)cc6)cc5cc4-c4ccc(-c5nc(-c6ccccc6)nc(-c6ccccc6)n5)cc4)cc3)n2)cc1. The quantitative estimate of drug-likeness (QED) is 0.0852. The van der Waals surface area contributed by atoms with E-state index in [-0.39, 0.29) is 0 Å². The van der Waals surface area contributed by atoms with Gasteiger partial charge < -0.3 is 0 Å². The van der Waals surface area contributed by atoms with E-state index in [1.54, 1.807) is 0 Å². The maximum atomic E-state index is 5.24. The Morgan fingerprint density at radius 3 is 0.534 bits per heavy atom. The summed E-state index contributed by atoms with van der Waals surface area (Å²) in [6.45, 7) is 0. The minimum atomic E-state index is 0.568. The number of hydrogen-bond donors (Lipinski definition) is 0. The summed E-state index contributed by atoms with van der Waals surface area (Å²) >= 11 is 0. The van der Waals surface area contributed by atoms with Crippen molar-refractivity contribution in [2.45, 2.75) is 0 Å². The maximum absolute atomic E-state index is 5.24. The van der Waals surface area contributed by atoms with Crippen molar-refractivity contribution in [3.8, 4) is 192 Å². The summed E-state index contributed by atoms with van der Waals surface area (Å²) in [4.78, 5) is 60.7. The lowest BCUT2D eigenvalue weighted by Gasteiger charge is -2.15. The zero-order chi connectivity index (χ0) is 77.1. The second kappa shape index (κ2) is 30.7. The lowest BCUT2D eigenvalue weighted by molar-refractivity contribution is 1.07. The van der Waals surface area contributed by atoms with Crippen LogP contribution < -0.4 is 0 Å². The van der Waals surface area contributed by atoms with Gasteiger partial charge in [-0.3, -0.25) is 0 Å². The van der Waals surface area contributed by atoms with Crippen LogP contribution in [-0.4, -0.2) is 59.8 Å². The second-order valence-corrected chi connectivity index (χ2v) is 28.3. The maximum Gasteiger partial charge on any atom is 0.164 e. The Morgan fingerprint density at radius 2 is 0.293 bits per heavy atom. The molecule has 12 heteroatoms. The highest BCUT2D eigenvalue weighted by Gasteiger charge is 2.21. The minimum Gasteiger partial charge on any atom is -0.208 e. The van der Waals surface area contributed by atoms with Crippen LogP contribution in [0.1, 0.15) is 0 Å². The molecule has 0 aliphatic heterocycles. The van der Waals surface area contributed by atoms with E-state index in [2.05, 4.69) is 188 Å². The molecular weight excluding hydrogens is 1420 g/mol. The zero-order valence-electron chi connectivity index (χ0n) is 62.5. The number of fused-ring (bicyclic) bond motifs is 2. The molecule has 0 saturated heterocycles. The second-order valence-electron chi connectivity index (χ2n) is 28.3. The van der Waals surface area contributed by atoms with Crippen molar-refractivity contribution in [1.82, 2.24) is 59.8 Å². The van der Waals surface area contributed by atoms with E-state index in [1.165, 1.54) is 0 Å². The molecule has 20 aromatic rings. The van der Waals surface area contributed by atoms with Crippen molar-refractivity contribution in [2.75, 3.05) is 0 Å². The predicted octanol–water partition coefficient (Wildman–Crippen LogP) is 25.1. The summed E-state index contributed by atoms with van der Waals surface area (Å²) in [5, 5.41) is 4.46. The Balaban J connectivity index is 0.623. The van der Waals surface area contributed by atoms with Gasteiger partial charge in [0.1, 0.15) is 0 Å². The lowest BCUT2D eigenvalue weighted by atomic mass is 9.89. The Kier molecular flexibility index (Phi) is 18.4. The fourth-order valence-electron chi connectivity index (χ4n) is 14.9. The smallest absolute Gasteiger partial charge is 0.164 e. The highest BCUT2D eigenvalue weighted by atomic mass is 15.1. The Morgan fingerprint density at radius 1 is 0.103 bits per heavy atom. The topological polar surface area (TPSA) is 155 Å². The number of benzene rings is 16. The monoisotopic (exact) mass is 1480 g/mol. The van der Waals surface area contributed by atoms with E-state index in [0.29, 0.717) is 69.9 Å². The molecule has 20 rings (SSSR count). The van der Waals surface area contributed by atoms with Crippen molar-refractivity contribution in [3.63, 3.8) is 0 Å². The average molecular weight is 1480 g/mol. The van der Waals surface area contributed by atoms with Crippen LogP contribution in [-0.2, 0) is 0 Å². The molecule has 542 valence electrons. The van der Waals surface area contributed by atoms with Crippen molar-refractivity contribution in [3.05, 3.63) is 400 Å². The fourth-order valence-corrected chi connectivity index (χ4v) is 14.9. The number of nitrogens with zero attached hydrogens (tertiary/aromatic N) is 12. The van der Waals surface area contributed by atoms with Gasteiger partial charge in [0, 0.05) is 66.8 Å². The molecule has 16 aromatic carbocycles. The van der Waals surface area contributed by atoms with Gasteiger partial charge in [-0.2, -0.15) is 0 Å². The summed E-state index contributed by atoms with van der Waals surface area (Å²) in [6, 6.07) is 138. The molecule has 116 heavy (non-hydrogen) atoms. The lowest BCUT2D eigenvalue weighted by Crippen LogP contribution is -2.00. The number of rotatable bonds is 17. The third-order valence-corrected chi connectivity index (χ3v) is 20.9. The first-order valence-corrected chi connectivity index (χ1v) is 38.5. The highest BCUT2D eigenvalue weighted by Crippen LogP contribution is 2.42. The molecular formula is C104H66N12. The summed E-state index contributed by atoms with van der Waals surface area (Å²) in [7, 11) is 0. The van der Waals surface area contributed by atoms with E-state index in [0.717, 1.165) is 144 Å². The first kappa shape index (κ1) is 69.3. The molecule has 0 fully saturated rings. The first-order chi connectivity index (χ1) is 57.4. The van der Waals surface area contributed by atoms with E-state index < -0.39 is 0 Å². The standard InChI is InChI=1S/C104H66N12/c1-8-24-73(25-9-1)93-105-94(74-26-10-2-11-27-74)109-101(108-93)81-54-44-68(45-55-81)88-40-22-38-72-39-23-41-89(92(72)88)69-46-56-82(57-47-69)104-115-99(79-36-20-7-21-37-79)114-100(116-104)80-52-42-67(43-53-80)85-62-63-86-65-90(70-48-58-83(59-49-70)102-110-95(75-28-12-3-13-29-75)106-96(111-102)76-30-14-4-15-31-76)91(66-87(86)64-85)71-50-60-84(61-51-71)103-112-97(77-32-16-5-17-33-77)107-98(113-103)78-34-18-6-19-35-78/h1-66H. The van der Waals surface area contributed by atoms with Gasteiger partial charge >= 0.3 is 0 Å². The average Bonchev–Trinajstić information content (AvgIpc) is 0.767. The van der Waals surface area contributed by atoms with Gasteiger partial charge in [-0.15, -0.1) is 0 Å². The molecule has 0 aliphatic carbocycles. The molecule has 0 amide bonds. The van der Waals surface area contributed by atoms with Crippen LogP contribution in [0.5, 0.6) is 0 Å². The molecule has 0 saturated carbocycles. The molecule has 4 aromatic heterocycles. The molecule has 0 aliphatic rings. The highest BCUT2D eigenvalue weighted by molar-refractivity contribution is 6.07. The normalized spacial score (nSPS) is 11.3. The summed E-state index contributed by atoms with van der Waals surface area (Å²) in [5.41, 5.74) is 21.4. The molecule has 0 bridgehead atoms. The summed E-state index contributed by atoms with van der Waals surface area (Å²) in [6.07, 6.45) is 0. The fraction of sp³-hybridized carbons (Fsp3) is 0. The predicted molar refractivity (Wildman–Crippen MR) is 467 cm³/mol. The van der Waals surface area contributed by atoms with Crippen LogP contribution in [0, 0.1) is 0 Å². The third kappa shape index (κ3) is 14.2. The van der Waals surface area contributed by atoms with Crippen LogP contribution >= 0.6 is 0 Å². The van der Waals surface area contributed by atoms with Crippen LogP contribution in [0.2, 0.25) is 0 Å². The number of aromatic nitrogens is 12. The van der Waals surface area contributed by atoms with Gasteiger partial charge in [-0.1, -0.05) is 382 Å². The van der Waals surface area contributed by atoms with Gasteiger partial charge in [0.2, 0.25) is 0 Å². The summed E-state index contributed by atoms with van der Waals surface area (Å²) < 4.78 is 0. The minimum absolute atomic E-state index is 0.568. The van der Waals surface area contributed by atoms with E-state index in [1.807, 2.05) is 212 Å². The van der Waals surface area contributed by atoms with Crippen molar-refractivity contribution >= 4 is 21.5 Å². The molecule has 4 heterocycles. The van der Waals surface area contributed by atoms with Crippen LogP contribution in [0.3, 0.4) is 0 Å². The largest absolute Gasteiger partial charge is 0.208 e. The Labute approximate surface area is 669 Å². The van der Waals surface area contributed by atoms with Gasteiger partial charge in [0.25, 0.3) is 0 Å². The van der Waals surface area contributed by atoms with Gasteiger partial charge in [0.15, 0.2) is 69.9 Å². The molecule has 0 N–H and O–H groups in total. The van der Waals surface area contributed by atoms with Crippen molar-refractivity contribution in [2.24, 2.45) is 0 Å². The van der Waals surface area contributed by atoms with Crippen LogP contribution in [0.25, 0.3) is 214 Å². The Hall–Kier alpha value is -15.9. The summed E-state index contributed by atoms with van der Waals surface area (Å²) in [5.74, 6) is 7.17. The van der Waals surface area contributed by atoms with E-state index in [4.69, 9.17) is 59.8 Å². The molecule has 0 spiro atoms. The van der Waals surface area contributed by atoms with Crippen LogP contribution in [0.15, 0.2) is 400 Å². The van der Waals surface area contributed by atoms with Gasteiger partial charge in [-0.25, -0.2) is 59.8 Å². The van der Waals surface area contributed by atoms with E-state index >= 15 is 0 Å². The number of hydrogen-bond acceptors (Lipinski definition) is 12. The molecule has 0 unspecified atom stereocenters. The van der Waals surface area contributed by atoms with Gasteiger partial charge in [0.05, 0.1) is 0 Å². The Bertz CT molecular complexity index is 6790.